The van der Waals surface area contributed by atoms with Crippen molar-refractivity contribution in [1.82, 2.24) is 24.5 Å². The molecule has 4 fully saturated rings. The van der Waals surface area contributed by atoms with Gasteiger partial charge in [-0.25, -0.2) is 14.5 Å². The van der Waals surface area contributed by atoms with Crippen molar-refractivity contribution >= 4 is 11.3 Å². The van der Waals surface area contributed by atoms with Gasteiger partial charge in [-0.3, -0.25) is 4.90 Å². The minimum Gasteiger partial charge on any atom is -0.489 e. The molecule has 8 heterocycles. The Bertz CT molecular complexity index is 1530. The molecule has 4 aliphatic heterocycles. The normalized spacial score (nSPS) is 21.1. The van der Waals surface area contributed by atoms with E-state index >= 15 is 0 Å². The average Bonchev–Trinajstić information content (AvgIpc) is 3.43. The minimum absolute atomic E-state index is 0.108. The Morgan fingerprint density at radius 1 is 1.05 bits per heavy atom. The first-order valence-electron chi connectivity index (χ1n) is 13.8. The van der Waals surface area contributed by atoms with Crippen LogP contribution in [0.15, 0.2) is 55.1 Å². The zero-order valence-electron chi connectivity index (χ0n) is 22.4. The van der Waals surface area contributed by atoms with Gasteiger partial charge in [0, 0.05) is 74.1 Å². The van der Waals surface area contributed by atoms with Gasteiger partial charge in [0.1, 0.15) is 23.7 Å². The molecular weight excluding hydrogens is 506 g/mol. The molecule has 4 aromatic heterocycles. The SMILES string of the molecule is COc1ccc(CN2C3CC2CN(c2ccc(-c4cc(OC5CCOCC5)cn5ncc(C#N)c45)cn2)C3)cn1. The Morgan fingerprint density at radius 2 is 1.90 bits per heavy atom. The quantitative estimate of drug-likeness (QED) is 0.349. The molecule has 2 unspecified atom stereocenters. The summed E-state index contributed by atoms with van der Waals surface area (Å²) in [5.41, 5.74) is 4.31. The number of hydrogen-bond donors (Lipinski definition) is 0. The number of anilines is 1. The van der Waals surface area contributed by atoms with E-state index in [1.165, 1.54) is 12.0 Å². The van der Waals surface area contributed by atoms with Crippen LogP contribution >= 0.6 is 0 Å². The van der Waals surface area contributed by atoms with Crippen LogP contribution in [0.5, 0.6) is 11.6 Å². The lowest BCUT2D eigenvalue weighted by Gasteiger charge is -2.56. The molecule has 10 heteroatoms. The molecule has 0 amide bonds. The maximum Gasteiger partial charge on any atom is 0.212 e. The van der Waals surface area contributed by atoms with E-state index in [-0.39, 0.29) is 6.10 Å². The van der Waals surface area contributed by atoms with Crippen molar-refractivity contribution in [2.75, 3.05) is 38.3 Å². The van der Waals surface area contributed by atoms with Gasteiger partial charge < -0.3 is 19.1 Å². The average molecular weight is 538 g/mol. The van der Waals surface area contributed by atoms with E-state index in [2.05, 4.69) is 44.2 Å². The fourth-order valence-corrected chi connectivity index (χ4v) is 6.15. The monoisotopic (exact) mass is 537 g/mol. The Hall–Kier alpha value is -4.20. The van der Waals surface area contributed by atoms with Crippen molar-refractivity contribution in [1.29, 1.82) is 5.26 Å². The molecule has 0 aliphatic carbocycles. The number of fused-ring (bicyclic) bond motifs is 3. The Labute approximate surface area is 232 Å². The third-order valence-electron chi connectivity index (χ3n) is 8.28. The van der Waals surface area contributed by atoms with E-state index < -0.39 is 0 Å². The first-order chi connectivity index (χ1) is 19.7. The van der Waals surface area contributed by atoms with Crippen molar-refractivity contribution in [3.63, 3.8) is 0 Å². The van der Waals surface area contributed by atoms with Crippen molar-refractivity contribution in [2.45, 2.75) is 44.0 Å². The van der Waals surface area contributed by atoms with Crippen molar-refractivity contribution in [3.8, 4) is 28.8 Å². The molecule has 0 spiro atoms. The van der Waals surface area contributed by atoms with E-state index in [9.17, 15) is 5.26 Å². The largest absolute Gasteiger partial charge is 0.489 e. The third-order valence-corrected chi connectivity index (χ3v) is 8.28. The topological polar surface area (TPSA) is 101 Å². The van der Waals surface area contributed by atoms with E-state index in [1.54, 1.807) is 17.8 Å². The third kappa shape index (κ3) is 4.61. The first kappa shape index (κ1) is 24.8. The van der Waals surface area contributed by atoms with Gasteiger partial charge in [-0.05, 0) is 30.2 Å². The highest BCUT2D eigenvalue weighted by atomic mass is 16.5. The van der Waals surface area contributed by atoms with Crippen LogP contribution in [0, 0.1) is 11.3 Å². The number of hydrogen-bond acceptors (Lipinski definition) is 9. The van der Waals surface area contributed by atoms with Crippen LogP contribution in [0.1, 0.15) is 30.4 Å². The fourth-order valence-electron chi connectivity index (χ4n) is 6.15. The van der Waals surface area contributed by atoms with Gasteiger partial charge in [-0.15, -0.1) is 0 Å². The molecule has 8 rings (SSSR count). The Morgan fingerprint density at radius 3 is 2.60 bits per heavy atom. The number of methoxy groups -OCH3 is 1. The molecule has 204 valence electrons. The molecule has 10 nitrogen and oxygen atoms in total. The molecule has 0 radical (unpaired) electrons. The second kappa shape index (κ2) is 10.4. The molecule has 4 aliphatic rings. The zero-order chi connectivity index (χ0) is 27.1. The van der Waals surface area contributed by atoms with Crippen LogP contribution in [-0.2, 0) is 11.3 Å². The summed E-state index contributed by atoms with van der Waals surface area (Å²) in [4.78, 5) is 14.2. The van der Waals surface area contributed by atoms with Crippen LogP contribution in [0.2, 0.25) is 0 Å². The van der Waals surface area contributed by atoms with E-state index in [0.29, 0.717) is 36.7 Å². The van der Waals surface area contributed by atoms with Crippen LogP contribution in [-0.4, -0.2) is 76.1 Å². The molecule has 2 atom stereocenters. The molecule has 4 aromatic rings. The number of nitrogens with zero attached hydrogens (tertiary/aromatic N) is 7. The summed E-state index contributed by atoms with van der Waals surface area (Å²) in [5, 5.41) is 14.1. The van der Waals surface area contributed by atoms with Gasteiger partial charge in [0.05, 0.1) is 43.8 Å². The summed E-state index contributed by atoms with van der Waals surface area (Å²) < 4.78 is 18.7. The van der Waals surface area contributed by atoms with Crippen molar-refractivity contribution in [3.05, 3.63) is 66.2 Å². The standard InChI is InChI=1S/C30H31N7O3/c1-38-29-5-2-20(13-33-29)16-36-23-10-24(36)18-35(17-23)28-4-3-21(14-32-28)27-11-26(40-25-6-8-39-9-7-25)19-37-30(27)22(12-31)15-34-37/h2-5,11,13-15,19,23-25H,6-10,16-18H2,1H3. The van der Waals surface area contributed by atoms with Crippen LogP contribution < -0.4 is 14.4 Å². The molecule has 0 aromatic carbocycles. The summed E-state index contributed by atoms with van der Waals surface area (Å²) in [5.74, 6) is 2.35. The summed E-state index contributed by atoms with van der Waals surface area (Å²) in [6, 6.07) is 13.5. The van der Waals surface area contributed by atoms with Gasteiger partial charge in [0.2, 0.25) is 5.88 Å². The van der Waals surface area contributed by atoms with E-state index in [1.807, 2.05) is 30.7 Å². The van der Waals surface area contributed by atoms with Crippen molar-refractivity contribution < 1.29 is 14.2 Å². The van der Waals surface area contributed by atoms with Crippen LogP contribution in [0.3, 0.4) is 0 Å². The Kier molecular flexibility index (Phi) is 6.46. The second-order valence-electron chi connectivity index (χ2n) is 10.7. The van der Waals surface area contributed by atoms with Crippen LogP contribution in [0.25, 0.3) is 16.6 Å². The highest BCUT2D eigenvalue weighted by Crippen LogP contribution is 2.37. The first-order valence-corrected chi connectivity index (χ1v) is 13.8. The maximum absolute atomic E-state index is 9.72. The fraction of sp³-hybridized carbons (Fsp3) is 0.400. The lowest BCUT2D eigenvalue weighted by Crippen LogP contribution is -2.68. The number of piperazine rings is 1. The molecule has 2 bridgehead atoms. The van der Waals surface area contributed by atoms with Gasteiger partial charge in [-0.2, -0.15) is 10.4 Å². The molecule has 0 saturated carbocycles. The van der Waals surface area contributed by atoms with Gasteiger partial charge in [-0.1, -0.05) is 6.07 Å². The summed E-state index contributed by atoms with van der Waals surface area (Å²) in [7, 11) is 1.64. The smallest absolute Gasteiger partial charge is 0.212 e. The molecule has 4 saturated heterocycles. The van der Waals surface area contributed by atoms with Gasteiger partial charge >= 0.3 is 0 Å². The number of aromatic nitrogens is 4. The lowest BCUT2D eigenvalue weighted by molar-refractivity contribution is -0.00876. The number of piperidine rings is 1. The number of pyridine rings is 3. The maximum atomic E-state index is 9.72. The van der Waals surface area contributed by atoms with Crippen molar-refractivity contribution in [2.24, 2.45) is 0 Å². The van der Waals surface area contributed by atoms with Gasteiger partial charge in [0.15, 0.2) is 0 Å². The highest BCUT2D eigenvalue weighted by molar-refractivity contribution is 5.85. The summed E-state index contributed by atoms with van der Waals surface area (Å²) in [6.45, 7) is 4.22. The number of rotatable bonds is 7. The summed E-state index contributed by atoms with van der Waals surface area (Å²) >= 11 is 0. The minimum atomic E-state index is 0.108. The number of nitriles is 1. The highest BCUT2D eigenvalue weighted by Gasteiger charge is 2.44. The van der Waals surface area contributed by atoms with Crippen LogP contribution in [0.4, 0.5) is 5.82 Å². The molecular formula is C30H31N7O3. The lowest BCUT2D eigenvalue weighted by atomic mass is 9.87. The molecule has 40 heavy (non-hydrogen) atoms. The summed E-state index contributed by atoms with van der Waals surface area (Å²) in [6.07, 6.45) is 10.3. The van der Waals surface area contributed by atoms with E-state index in [0.717, 1.165) is 60.7 Å². The van der Waals surface area contributed by atoms with E-state index in [4.69, 9.17) is 19.2 Å². The Balaban J connectivity index is 1.09. The predicted octanol–water partition coefficient (Wildman–Crippen LogP) is 3.69. The van der Waals surface area contributed by atoms with Gasteiger partial charge in [0.25, 0.3) is 0 Å². The molecule has 0 N–H and O–H groups in total. The second-order valence-corrected chi connectivity index (χ2v) is 10.7. The number of ether oxygens (including phenoxy) is 3. The predicted molar refractivity (Wildman–Crippen MR) is 148 cm³/mol. The zero-order valence-corrected chi connectivity index (χ0v) is 22.4.